The maximum atomic E-state index is 5.50. The molecule has 2 rings (SSSR count). The van der Waals surface area contributed by atoms with Gasteiger partial charge in [0.25, 0.3) is 0 Å². The molecule has 2 aliphatic heterocycles. The van der Waals surface area contributed by atoms with E-state index >= 15 is 0 Å². The molecule has 0 saturated carbocycles. The fourth-order valence-corrected chi connectivity index (χ4v) is 4.19. The van der Waals surface area contributed by atoms with Crippen LogP contribution in [0.1, 0.15) is 26.7 Å². The van der Waals surface area contributed by atoms with Gasteiger partial charge >= 0.3 is 0 Å². The molecular formula is C15H31IN4OS. The van der Waals surface area contributed by atoms with Crippen molar-refractivity contribution in [2.24, 2.45) is 4.99 Å². The van der Waals surface area contributed by atoms with Crippen molar-refractivity contribution in [2.75, 3.05) is 45.6 Å². The Balaban J connectivity index is 0.00000242. The quantitative estimate of drug-likeness (QED) is 0.386. The Hall–Kier alpha value is 0.270. The van der Waals surface area contributed by atoms with Gasteiger partial charge < -0.3 is 15.4 Å². The number of rotatable bonds is 5. The summed E-state index contributed by atoms with van der Waals surface area (Å²) in [6.07, 6.45) is 2.69. The number of thioether (sulfide) groups is 1. The maximum absolute atomic E-state index is 5.50. The van der Waals surface area contributed by atoms with Crippen LogP contribution in [0, 0.1) is 0 Å². The number of nitrogens with one attached hydrogen (secondary N) is 2. The lowest BCUT2D eigenvalue weighted by Crippen LogP contribution is -2.53. The van der Waals surface area contributed by atoms with E-state index in [0.717, 1.165) is 44.1 Å². The first-order valence-electron chi connectivity index (χ1n) is 8.10. The summed E-state index contributed by atoms with van der Waals surface area (Å²) in [6.45, 7) is 9.16. The van der Waals surface area contributed by atoms with E-state index in [0.29, 0.717) is 12.1 Å². The van der Waals surface area contributed by atoms with Crippen LogP contribution in [0.15, 0.2) is 4.99 Å². The summed E-state index contributed by atoms with van der Waals surface area (Å²) in [6, 6.07) is 0.990. The van der Waals surface area contributed by atoms with Gasteiger partial charge in [0, 0.05) is 44.0 Å². The van der Waals surface area contributed by atoms with Crippen molar-refractivity contribution in [3.05, 3.63) is 0 Å². The smallest absolute Gasteiger partial charge is 0.191 e. The Kier molecular flexibility index (Phi) is 10.1. The van der Waals surface area contributed by atoms with Crippen LogP contribution in [0.4, 0.5) is 0 Å². The highest BCUT2D eigenvalue weighted by molar-refractivity contribution is 14.0. The number of halogens is 1. The minimum Gasteiger partial charge on any atom is -0.379 e. The minimum atomic E-state index is 0. The molecule has 22 heavy (non-hydrogen) atoms. The standard InChI is InChI=1S/C15H30N4OS.HI/c1-12(19-6-7-20-11-13(19)2)9-17-15(16-3)18-10-14-5-4-8-21-14;/h12-14H,4-11H2,1-3H3,(H2,16,17,18);1H. The molecule has 3 unspecified atom stereocenters. The monoisotopic (exact) mass is 442 g/mol. The lowest BCUT2D eigenvalue weighted by atomic mass is 10.2. The summed E-state index contributed by atoms with van der Waals surface area (Å²) >= 11 is 2.07. The molecule has 2 saturated heterocycles. The molecule has 0 amide bonds. The van der Waals surface area contributed by atoms with E-state index in [9.17, 15) is 0 Å². The third-order valence-electron chi connectivity index (χ3n) is 4.29. The van der Waals surface area contributed by atoms with E-state index in [2.05, 4.69) is 46.1 Å². The second-order valence-corrected chi connectivity index (χ2v) is 7.39. The zero-order valence-corrected chi connectivity index (χ0v) is 17.2. The maximum Gasteiger partial charge on any atom is 0.191 e. The van der Waals surface area contributed by atoms with Crippen molar-refractivity contribution in [1.29, 1.82) is 0 Å². The molecule has 0 aromatic rings. The normalized spacial score (nSPS) is 28.0. The number of nitrogens with zero attached hydrogens (tertiary/aromatic N) is 2. The van der Waals surface area contributed by atoms with Crippen molar-refractivity contribution >= 4 is 41.7 Å². The molecule has 130 valence electrons. The Morgan fingerprint density at radius 3 is 2.91 bits per heavy atom. The zero-order valence-electron chi connectivity index (χ0n) is 14.0. The molecule has 0 radical (unpaired) electrons. The summed E-state index contributed by atoms with van der Waals surface area (Å²) in [5, 5.41) is 7.66. The number of ether oxygens (including phenoxy) is 1. The molecule has 2 heterocycles. The van der Waals surface area contributed by atoms with Gasteiger partial charge in [-0.2, -0.15) is 11.8 Å². The van der Waals surface area contributed by atoms with Crippen LogP contribution in [-0.2, 0) is 4.74 Å². The van der Waals surface area contributed by atoms with Crippen LogP contribution in [0.3, 0.4) is 0 Å². The molecule has 2 aliphatic rings. The predicted molar refractivity (Wildman–Crippen MR) is 107 cm³/mol. The lowest BCUT2D eigenvalue weighted by Gasteiger charge is -2.38. The highest BCUT2D eigenvalue weighted by Crippen LogP contribution is 2.25. The molecule has 2 fully saturated rings. The molecule has 7 heteroatoms. The number of guanidine groups is 1. The van der Waals surface area contributed by atoms with E-state index in [4.69, 9.17) is 4.74 Å². The number of morpholine rings is 1. The average molecular weight is 442 g/mol. The van der Waals surface area contributed by atoms with Crippen LogP contribution in [0.2, 0.25) is 0 Å². The first-order valence-corrected chi connectivity index (χ1v) is 9.15. The Morgan fingerprint density at radius 1 is 1.45 bits per heavy atom. The van der Waals surface area contributed by atoms with Crippen LogP contribution in [0.5, 0.6) is 0 Å². The van der Waals surface area contributed by atoms with E-state index in [1.165, 1.54) is 18.6 Å². The van der Waals surface area contributed by atoms with Gasteiger partial charge in [-0.15, -0.1) is 24.0 Å². The molecule has 0 aromatic heterocycles. The van der Waals surface area contributed by atoms with Gasteiger partial charge in [-0.25, -0.2) is 0 Å². The van der Waals surface area contributed by atoms with Gasteiger partial charge in [0.05, 0.1) is 13.2 Å². The molecule has 0 bridgehead atoms. The van der Waals surface area contributed by atoms with Gasteiger partial charge in [-0.1, -0.05) is 0 Å². The van der Waals surface area contributed by atoms with Crippen LogP contribution in [-0.4, -0.2) is 73.8 Å². The Labute approximate surface area is 156 Å². The summed E-state index contributed by atoms with van der Waals surface area (Å²) in [5.41, 5.74) is 0. The number of hydrogen-bond donors (Lipinski definition) is 2. The van der Waals surface area contributed by atoms with Crippen LogP contribution in [0.25, 0.3) is 0 Å². The molecule has 0 aliphatic carbocycles. The summed E-state index contributed by atoms with van der Waals surface area (Å²) < 4.78 is 5.50. The zero-order chi connectivity index (χ0) is 15.1. The van der Waals surface area contributed by atoms with Gasteiger partial charge in [0.2, 0.25) is 0 Å². The van der Waals surface area contributed by atoms with E-state index in [1.807, 2.05) is 7.05 Å². The van der Waals surface area contributed by atoms with Gasteiger partial charge in [0.1, 0.15) is 0 Å². The average Bonchev–Trinajstić information content (AvgIpc) is 3.01. The van der Waals surface area contributed by atoms with Crippen molar-refractivity contribution in [2.45, 2.75) is 44.0 Å². The molecule has 5 nitrogen and oxygen atoms in total. The molecule has 3 atom stereocenters. The van der Waals surface area contributed by atoms with Crippen molar-refractivity contribution in [3.8, 4) is 0 Å². The predicted octanol–water partition coefficient (Wildman–Crippen LogP) is 1.77. The van der Waals surface area contributed by atoms with Crippen LogP contribution < -0.4 is 10.6 Å². The van der Waals surface area contributed by atoms with Crippen LogP contribution >= 0.6 is 35.7 Å². The van der Waals surface area contributed by atoms with E-state index < -0.39 is 0 Å². The van der Waals surface area contributed by atoms with Gasteiger partial charge in [0.15, 0.2) is 5.96 Å². The van der Waals surface area contributed by atoms with Gasteiger partial charge in [-0.05, 0) is 32.4 Å². The molecule has 0 spiro atoms. The van der Waals surface area contributed by atoms with E-state index in [1.54, 1.807) is 0 Å². The third kappa shape index (κ3) is 6.41. The Bertz CT molecular complexity index is 340. The van der Waals surface area contributed by atoms with Crippen molar-refractivity contribution < 1.29 is 4.74 Å². The van der Waals surface area contributed by atoms with Gasteiger partial charge in [-0.3, -0.25) is 9.89 Å². The highest BCUT2D eigenvalue weighted by atomic mass is 127. The van der Waals surface area contributed by atoms with E-state index in [-0.39, 0.29) is 24.0 Å². The topological polar surface area (TPSA) is 48.9 Å². The number of aliphatic imine (C=N–C) groups is 1. The molecular weight excluding hydrogens is 411 g/mol. The summed E-state index contributed by atoms with van der Waals surface area (Å²) in [7, 11) is 1.85. The Morgan fingerprint density at radius 2 is 2.27 bits per heavy atom. The SMILES string of the molecule is CN=C(NCC1CCCS1)NCC(C)N1CCOCC1C.I. The lowest BCUT2D eigenvalue weighted by molar-refractivity contribution is -0.0174. The second-order valence-electron chi connectivity index (χ2n) is 5.98. The summed E-state index contributed by atoms with van der Waals surface area (Å²) in [5.74, 6) is 2.24. The fourth-order valence-electron chi connectivity index (χ4n) is 2.99. The van der Waals surface area contributed by atoms with Crippen molar-refractivity contribution in [1.82, 2.24) is 15.5 Å². The first-order chi connectivity index (χ1) is 10.2. The first kappa shape index (κ1) is 20.3. The third-order valence-corrected chi connectivity index (χ3v) is 5.69. The minimum absolute atomic E-state index is 0. The number of hydrogen-bond acceptors (Lipinski definition) is 4. The largest absolute Gasteiger partial charge is 0.379 e. The molecule has 0 aromatic carbocycles. The second kappa shape index (κ2) is 10.9. The summed E-state index contributed by atoms with van der Waals surface area (Å²) in [4.78, 5) is 6.84. The molecule has 2 N–H and O–H groups in total. The fraction of sp³-hybridized carbons (Fsp3) is 0.933. The van der Waals surface area contributed by atoms with Crippen molar-refractivity contribution in [3.63, 3.8) is 0 Å². The highest BCUT2D eigenvalue weighted by Gasteiger charge is 2.23.